The van der Waals surface area contributed by atoms with Crippen LogP contribution in [-0.2, 0) is 9.59 Å². The summed E-state index contributed by atoms with van der Waals surface area (Å²) in [6.07, 6.45) is 4.48. The fourth-order valence-electron chi connectivity index (χ4n) is 4.40. The van der Waals surface area contributed by atoms with Gasteiger partial charge in [-0.25, -0.2) is 4.39 Å². The molecule has 2 aromatic carbocycles. The minimum Gasteiger partial charge on any atom is -0.368 e. The van der Waals surface area contributed by atoms with Gasteiger partial charge in [0.2, 0.25) is 11.8 Å². The molecule has 7 nitrogen and oxygen atoms in total. The number of benzene rings is 2. The van der Waals surface area contributed by atoms with Gasteiger partial charge in [0.25, 0.3) is 5.91 Å². The lowest BCUT2D eigenvalue weighted by Gasteiger charge is -2.36. The van der Waals surface area contributed by atoms with E-state index in [2.05, 4.69) is 16.8 Å². The number of anilines is 2. The summed E-state index contributed by atoms with van der Waals surface area (Å²) in [4.78, 5) is 43.1. The summed E-state index contributed by atoms with van der Waals surface area (Å²) in [6, 6.07) is 13.5. The van der Waals surface area contributed by atoms with Crippen molar-refractivity contribution >= 4 is 29.1 Å². The van der Waals surface area contributed by atoms with Crippen LogP contribution in [0.15, 0.2) is 61.2 Å². The van der Waals surface area contributed by atoms with Crippen molar-refractivity contribution in [3.63, 3.8) is 0 Å². The molecule has 1 saturated heterocycles. The second kappa shape index (κ2) is 11.2. The lowest BCUT2D eigenvalue weighted by Crippen LogP contribution is -2.49. The third-order valence-electron chi connectivity index (χ3n) is 6.64. The van der Waals surface area contributed by atoms with Crippen LogP contribution in [0.4, 0.5) is 15.8 Å². The lowest BCUT2D eigenvalue weighted by atomic mass is 9.84. The highest BCUT2D eigenvalue weighted by molar-refractivity contribution is 5.95. The maximum Gasteiger partial charge on any atom is 0.256 e. The highest BCUT2D eigenvalue weighted by atomic mass is 19.1. The largest absolute Gasteiger partial charge is 0.368 e. The Labute approximate surface area is 205 Å². The van der Waals surface area contributed by atoms with Gasteiger partial charge in [-0.05, 0) is 49.2 Å². The van der Waals surface area contributed by atoms with Gasteiger partial charge < -0.3 is 20.0 Å². The highest BCUT2D eigenvalue weighted by Gasteiger charge is 2.30. The molecule has 3 amide bonds. The molecule has 0 radical (unpaired) electrons. The van der Waals surface area contributed by atoms with E-state index in [1.807, 2.05) is 24.3 Å². The maximum absolute atomic E-state index is 14.0. The average Bonchev–Trinajstić information content (AvgIpc) is 2.83. The van der Waals surface area contributed by atoms with Crippen molar-refractivity contribution in [1.82, 2.24) is 9.80 Å². The Morgan fingerprint density at radius 1 is 1.03 bits per heavy atom. The standard InChI is InChI=1S/C27H31FN4O3/c1-2-14-32(26(34)20-6-5-7-20)19-25(33)29-21-10-12-22(13-11-21)30-15-17-31(18-16-30)27(35)23-8-3-4-9-24(23)28/h2-4,8-13,20H,1,5-7,14-19H2,(H,29,33). The van der Waals surface area contributed by atoms with Gasteiger partial charge in [0.05, 0.1) is 5.56 Å². The van der Waals surface area contributed by atoms with Crippen molar-refractivity contribution in [2.45, 2.75) is 19.3 Å². The number of nitrogens with zero attached hydrogens (tertiary/aromatic N) is 3. The van der Waals surface area contributed by atoms with E-state index < -0.39 is 5.82 Å². The van der Waals surface area contributed by atoms with Crippen LogP contribution in [0.3, 0.4) is 0 Å². The number of piperazine rings is 1. The maximum atomic E-state index is 14.0. The molecule has 1 aliphatic carbocycles. The SMILES string of the molecule is C=CCN(CC(=O)Nc1ccc(N2CCN(C(=O)c3ccccc3F)CC2)cc1)C(=O)C1CCC1. The predicted molar refractivity (Wildman–Crippen MR) is 134 cm³/mol. The summed E-state index contributed by atoms with van der Waals surface area (Å²) in [7, 11) is 0. The zero-order chi connectivity index (χ0) is 24.8. The van der Waals surface area contributed by atoms with Crippen molar-refractivity contribution in [3.05, 3.63) is 72.6 Å². The molecular formula is C27H31FN4O3. The van der Waals surface area contributed by atoms with Gasteiger partial charge in [-0.2, -0.15) is 0 Å². The predicted octanol–water partition coefficient (Wildman–Crippen LogP) is 3.54. The molecule has 8 heteroatoms. The first-order valence-electron chi connectivity index (χ1n) is 12.0. The minimum absolute atomic E-state index is 0.00109. The molecule has 2 aromatic rings. The first kappa shape index (κ1) is 24.4. The smallest absolute Gasteiger partial charge is 0.256 e. The monoisotopic (exact) mass is 478 g/mol. The van der Waals surface area contributed by atoms with Crippen molar-refractivity contribution in [1.29, 1.82) is 0 Å². The van der Waals surface area contributed by atoms with Gasteiger partial charge in [0.15, 0.2) is 0 Å². The van der Waals surface area contributed by atoms with Crippen LogP contribution >= 0.6 is 0 Å². The molecule has 35 heavy (non-hydrogen) atoms. The van der Waals surface area contributed by atoms with Crippen molar-refractivity contribution in [2.75, 3.05) is 49.5 Å². The summed E-state index contributed by atoms with van der Waals surface area (Å²) in [5, 5.41) is 2.86. The van der Waals surface area contributed by atoms with Crippen LogP contribution in [0.1, 0.15) is 29.6 Å². The zero-order valence-electron chi connectivity index (χ0n) is 19.8. The molecule has 1 heterocycles. The van der Waals surface area contributed by atoms with E-state index in [9.17, 15) is 18.8 Å². The number of hydrogen-bond acceptors (Lipinski definition) is 4. The van der Waals surface area contributed by atoms with Crippen LogP contribution < -0.4 is 10.2 Å². The molecule has 0 spiro atoms. The molecule has 184 valence electrons. The van der Waals surface area contributed by atoms with E-state index in [1.54, 1.807) is 28.0 Å². The number of nitrogens with one attached hydrogen (secondary N) is 1. The van der Waals surface area contributed by atoms with Crippen molar-refractivity contribution in [3.8, 4) is 0 Å². The molecular weight excluding hydrogens is 447 g/mol. The molecule has 0 bridgehead atoms. The van der Waals surface area contributed by atoms with Crippen LogP contribution in [0.25, 0.3) is 0 Å². The second-order valence-electron chi connectivity index (χ2n) is 8.99. The first-order valence-corrected chi connectivity index (χ1v) is 12.0. The van der Waals surface area contributed by atoms with Crippen molar-refractivity contribution in [2.24, 2.45) is 5.92 Å². The van der Waals surface area contributed by atoms with Gasteiger partial charge in [-0.15, -0.1) is 6.58 Å². The Morgan fingerprint density at radius 3 is 2.31 bits per heavy atom. The first-order chi connectivity index (χ1) is 17.0. The van der Waals surface area contributed by atoms with E-state index >= 15 is 0 Å². The lowest BCUT2D eigenvalue weighted by molar-refractivity contribution is -0.140. The Bertz CT molecular complexity index is 1080. The van der Waals surface area contributed by atoms with E-state index in [1.165, 1.54) is 12.1 Å². The van der Waals surface area contributed by atoms with Crippen LogP contribution in [0, 0.1) is 11.7 Å². The van der Waals surface area contributed by atoms with Crippen LogP contribution in [0.2, 0.25) is 0 Å². The molecule has 1 N–H and O–H groups in total. The van der Waals surface area contributed by atoms with Gasteiger partial charge in [-0.1, -0.05) is 24.6 Å². The molecule has 0 unspecified atom stereocenters. The number of hydrogen-bond donors (Lipinski definition) is 1. The summed E-state index contributed by atoms with van der Waals surface area (Å²) in [5.41, 5.74) is 1.73. The Balaban J connectivity index is 1.28. The summed E-state index contributed by atoms with van der Waals surface area (Å²) in [6.45, 7) is 6.31. The van der Waals surface area contributed by atoms with E-state index in [4.69, 9.17) is 0 Å². The Hall–Kier alpha value is -3.68. The quantitative estimate of drug-likeness (QED) is 0.589. The number of amides is 3. The van der Waals surface area contributed by atoms with E-state index in [-0.39, 0.29) is 35.7 Å². The molecule has 2 aliphatic rings. The van der Waals surface area contributed by atoms with Gasteiger partial charge in [0, 0.05) is 50.0 Å². The molecule has 2 fully saturated rings. The third-order valence-corrected chi connectivity index (χ3v) is 6.64. The summed E-state index contributed by atoms with van der Waals surface area (Å²) < 4.78 is 14.0. The Kier molecular flexibility index (Phi) is 7.80. The molecule has 4 rings (SSSR count). The topological polar surface area (TPSA) is 73.0 Å². The minimum atomic E-state index is -0.502. The second-order valence-corrected chi connectivity index (χ2v) is 8.99. The number of carbonyl (C=O) groups excluding carboxylic acids is 3. The third kappa shape index (κ3) is 5.88. The molecule has 1 saturated carbocycles. The Morgan fingerprint density at radius 2 is 1.71 bits per heavy atom. The summed E-state index contributed by atoms with van der Waals surface area (Å²) >= 11 is 0. The molecule has 1 aliphatic heterocycles. The number of halogens is 1. The summed E-state index contributed by atoms with van der Waals surface area (Å²) in [5.74, 6) is -0.981. The van der Waals surface area contributed by atoms with Gasteiger partial charge in [0.1, 0.15) is 12.4 Å². The fraction of sp³-hybridized carbons (Fsp3) is 0.370. The van der Waals surface area contributed by atoms with Crippen LogP contribution in [-0.4, -0.2) is 66.8 Å². The van der Waals surface area contributed by atoms with E-state index in [0.717, 1.165) is 24.9 Å². The fourth-order valence-corrected chi connectivity index (χ4v) is 4.40. The number of rotatable bonds is 8. The van der Waals surface area contributed by atoms with Crippen LogP contribution in [0.5, 0.6) is 0 Å². The highest BCUT2D eigenvalue weighted by Crippen LogP contribution is 2.28. The van der Waals surface area contributed by atoms with Gasteiger partial charge in [-0.3, -0.25) is 14.4 Å². The normalized spacial score (nSPS) is 15.8. The van der Waals surface area contributed by atoms with E-state index in [0.29, 0.717) is 38.4 Å². The molecule has 0 aromatic heterocycles. The van der Waals surface area contributed by atoms with Crippen molar-refractivity contribution < 1.29 is 18.8 Å². The molecule has 0 atom stereocenters. The average molecular weight is 479 g/mol. The van der Waals surface area contributed by atoms with Gasteiger partial charge >= 0.3 is 0 Å². The number of carbonyl (C=O) groups is 3. The zero-order valence-corrected chi connectivity index (χ0v) is 19.8.